The van der Waals surface area contributed by atoms with Crippen LogP contribution in [0.3, 0.4) is 0 Å². The Balaban J connectivity index is 0.000000575. The van der Waals surface area contributed by atoms with Crippen LogP contribution in [0.2, 0.25) is 5.02 Å². The first-order valence-corrected chi connectivity index (χ1v) is 11.4. The summed E-state index contributed by atoms with van der Waals surface area (Å²) in [4.78, 5) is 17.6. The summed E-state index contributed by atoms with van der Waals surface area (Å²) in [6.45, 7) is 8.93. The van der Waals surface area contributed by atoms with Crippen LogP contribution in [0.15, 0.2) is 42.5 Å². The third-order valence-electron chi connectivity index (χ3n) is 5.16. The van der Waals surface area contributed by atoms with E-state index in [9.17, 15) is 4.79 Å². The summed E-state index contributed by atoms with van der Waals surface area (Å²) in [5.74, 6) is 0.789. The number of carbonyl (C=O) groups excluding carboxylic acids is 1. The van der Waals surface area contributed by atoms with E-state index in [1.807, 2.05) is 49.4 Å². The minimum Gasteiger partial charge on any atom is -0.497 e. The summed E-state index contributed by atoms with van der Waals surface area (Å²) < 4.78 is 5.25. The maximum absolute atomic E-state index is 11.7. The molecule has 6 heteroatoms. The Morgan fingerprint density at radius 3 is 2.33 bits per heavy atom. The van der Waals surface area contributed by atoms with E-state index >= 15 is 0 Å². The van der Waals surface area contributed by atoms with E-state index in [-0.39, 0.29) is 6.04 Å². The number of aromatic nitrogens is 1. The van der Waals surface area contributed by atoms with Crippen LogP contribution < -0.4 is 4.74 Å². The van der Waals surface area contributed by atoms with Gasteiger partial charge in [-0.25, -0.2) is 0 Å². The number of nitrogens with zero attached hydrogens (tertiary/aromatic N) is 1. The summed E-state index contributed by atoms with van der Waals surface area (Å²) in [7, 11) is 1.64. The SMILES string of the molecule is CCC(C)Br.CCN(C=O)C(c1ccc(OC)cc1)c1[nH]c2ccc(Cl)cc2c1C. The Labute approximate surface area is 192 Å². The van der Waals surface area contributed by atoms with Crippen molar-refractivity contribution in [2.75, 3.05) is 13.7 Å². The molecule has 162 valence electrons. The summed E-state index contributed by atoms with van der Waals surface area (Å²) in [6, 6.07) is 13.4. The zero-order valence-corrected chi connectivity index (χ0v) is 20.5. The number of amides is 1. The average Bonchev–Trinajstić information content (AvgIpc) is 3.08. The highest BCUT2D eigenvalue weighted by Gasteiger charge is 2.24. The number of methoxy groups -OCH3 is 1. The van der Waals surface area contributed by atoms with Gasteiger partial charge in [-0.1, -0.05) is 53.5 Å². The van der Waals surface area contributed by atoms with Gasteiger partial charge >= 0.3 is 0 Å². The van der Waals surface area contributed by atoms with E-state index in [2.05, 4.69) is 41.7 Å². The van der Waals surface area contributed by atoms with E-state index in [1.165, 1.54) is 6.42 Å². The van der Waals surface area contributed by atoms with Crippen LogP contribution in [0.25, 0.3) is 10.9 Å². The topological polar surface area (TPSA) is 45.3 Å². The molecule has 1 heterocycles. The average molecular weight is 494 g/mol. The summed E-state index contributed by atoms with van der Waals surface area (Å²) in [5.41, 5.74) is 4.13. The normalized spacial score (nSPS) is 12.6. The second kappa shape index (κ2) is 11.4. The number of aryl methyl sites for hydroxylation is 1. The number of nitrogens with one attached hydrogen (secondary N) is 1. The van der Waals surface area contributed by atoms with E-state index in [0.29, 0.717) is 16.4 Å². The minimum atomic E-state index is -0.195. The molecule has 0 saturated carbocycles. The molecule has 1 amide bonds. The Hall–Kier alpha value is -1.98. The molecule has 2 unspecified atom stereocenters. The molecule has 0 bridgehead atoms. The number of benzene rings is 2. The molecular formula is C24H30BrClN2O2. The molecule has 1 aromatic heterocycles. The quantitative estimate of drug-likeness (QED) is 0.288. The Kier molecular flexibility index (Phi) is 9.25. The first kappa shape index (κ1) is 24.3. The first-order valence-electron chi connectivity index (χ1n) is 10.1. The van der Waals surface area contributed by atoms with Crippen LogP contribution >= 0.6 is 27.5 Å². The van der Waals surface area contributed by atoms with Gasteiger partial charge in [-0.15, -0.1) is 0 Å². The van der Waals surface area contributed by atoms with Gasteiger partial charge in [-0.05, 0) is 61.7 Å². The number of rotatable bonds is 7. The third kappa shape index (κ3) is 5.79. The van der Waals surface area contributed by atoms with Gasteiger partial charge in [0.2, 0.25) is 6.41 Å². The molecule has 30 heavy (non-hydrogen) atoms. The van der Waals surface area contributed by atoms with E-state index in [4.69, 9.17) is 16.3 Å². The highest BCUT2D eigenvalue weighted by Crippen LogP contribution is 2.34. The zero-order chi connectivity index (χ0) is 22.3. The fourth-order valence-electron chi connectivity index (χ4n) is 3.22. The number of ether oxygens (including phenoxy) is 1. The van der Waals surface area contributed by atoms with Gasteiger partial charge in [0.05, 0.1) is 13.2 Å². The van der Waals surface area contributed by atoms with Gasteiger partial charge in [0, 0.05) is 33.0 Å². The number of fused-ring (bicyclic) bond motifs is 1. The van der Waals surface area contributed by atoms with Crippen LogP contribution in [-0.2, 0) is 4.79 Å². The zero-order valence-electron chi connectivity index (χ0n) is 18.2. The van der Waals surface area contributed by atoms with E-state index < -0.39 is 0 Å². The molecule has 0 saturated heterocycles. The maximum Gasteiger partial charge on any atom is 0.210 e. The lowest BCUT2D eigenvalue weighted by molar-refractivity contribution is -0.119. The van der Waals surface area contributed by atoms with Gasteiger partial charge in [0.1, 0.15) is 5.75 Å². The van der Waals surface area contributed by atoms with Crippen molar-refractivity contribution in [3.8, 4) is 5.75 Å². The van der Waals surface area contributed by atoms with E-state index in [1.54, 1.807) is 12.0 Å². The Bertz CT molecular complexity index is 954. The molecular weight excluding hydrogens is 464 g/mol. The van der Waals surface area contributed by atoms with Crippen molar-refractivity contribution in [1.82, 2.24) is 9.88 Å². The van der Waals surface area contributed by atoms with Gasteiger partial charge < -0.3 is 14.6 Å². The van der Waals surface area contributed by atoms with Crippen LogP contribution in [0.1, 0.15) is 50.1 Å². The maximum atomic E-state index is 11.7. The number of alkyl halides is 1. The molecule has 2 aromatic carbocycles. The van der Waals surface area contributed by atoms with Crippen LogP contribution in [0.4, 0.5) is 0 Å². The molecule has 0 aliphatic carbocycles. The monoisotopic (exact) mass is 492 g/mol. The number of aromatic amines is 1. The minimum absolute atomic E-state index is 0.195. The fourth-order valence-corrected chi connectivity index (χ4v) is 3.39. The highest BCUT2D eigenvalue weighted by atomic mass is 79.9. The first-order chi connectivity index (χ1) is 14.4. The number of carbonyl (C=O) groups is 1. The van der Waals surface area contributed by atoms with Crippen molar-refractivity contribution in [2.24, 2.45) is 0 Å². The standard InChI is InChI=1S/C20H21ClN2O2.C4H9Br/c1-4-23(12-24)20(14-5-8-16(25-3)9-6-14)19-13(2)17-11-15(21)7-10-18(17)22-19;1-3-4(2)5/h5-12,20,22H,4H2,1-3H3;4H,3H2,1-2H3. The van der Waals surface area contributed by atoms with Gasteiger partial charge in [-0.3, -0.25) is 4.79 Å². The molecule has 3 aromatic rings. The summed E-state index contributed by atoms with van der Waals surface area (Å²) in [6.07, 6.45) is 2.12. The van der Waals surface area contributed by atoms with Crippen molar-refractivity contribution < 1.29 is 9.53 Å². The number of hydrogen-bond donors (Lipinski definition) is 1. The largest absolute Gasteiger partial charge is 0.497 e. The number of H-pyrrole nitrogens is 1. The van der Waals surface area contributed by atoms with E-state index in [0.717, 1.165) is 39.9 Å². The molecule has 2 atom stereocenters. The Morgan fingerprint density at radius 1 is 1.20 bits per heavy atom. The van der Waals surface area contributed by atoms with Crippen molar-refractivity contribution in [3.05, 3.63) is 64.3 Å². The van der Waals surface area contributed by atoms with Crippen molar-refractivity contribution >= 4 is 44.8 Å². The number of halogens is 2. The molecule has 0 radical (unpaired) electrons. The van der Waals surface area contributed by atoms with Crippen LogP contribution in [-0.4, -0.2) is 34.8 Å². The van der Waals surface area contributed by atoms with Crippen LogP contribution in [0.5, 0.6) is 5.75 Å². The van der Waals surface area contributed by atoms with Crippen molar-refractivity contribution in [3.63, 3.8) is 0 Å². The van der Waals surface area contributed by atoms with Gasteiger partial charge in [0.25, 0.3) is 0 Å². The second-order valence-corrected chi connectivity index (χ2v) is 9.15. The highest BCUT2D eigenvalue weighted by molar-refractivity contribution is 9.09. The van der Waals surface area contributed by atoms with Gasteiger partial charge in [0.15, 0.2) is 0 Å². The van der Waals surface area contributed by atoms with Crippen LogP contribution in [0, 0.1) is 6.92 Å². The Morgan fingerprint density at radius 2 is 1.83 bits per heavy atom. The lowest BCUT2D eigenvalue weighted by Gasteiger charge is -2.28. The lowest BCUT2D eigenvalue weighted by atomic mass is 9.98. The molecule has 1 N–H and O–H groups in total. The third-order valence-corrected chi connectivity index (χ3v) is 6.04. The molecule has 0 spiro atoms. The molecule has 0 aliphatic heterocycles. The fraction of sp³-hybridized carbons (Fsp3) is 0.375. The second-order valence-electron chi connectivity index (χ2n) is 7.15. The molecule has 0 aliphatic rings. The molecule has 0 fully saturated rings. The number of hydrogen-bond acceptors (Lipinski definition) is 2. The van der Waals surface area contributed by atoms with Gasteiger partial charge in [-0.2, -0.15) is 0 Å². The molecule has 3 rings (SSSR count). The smallest absolute Gasteiger partial charge is 0.210 e. The summed E-state index contributed by atoms with van der Waals surface area (Å²) >= 11 is 9.53. The predicted molar refractivity (Wildman–Crippen MR) is 130 cm³/mol. The van der Waals surface area contributed by atoms with Crippen molar-refractivity contribution in [1.29, 1.82) is 0 Å². The van der Waals surface area contributed by atoms with Crippen molar-refractivity contribution in [2.45, 2.75) is 45.0 Å². The lowest BCUT2D eigenvalue weighted by Crippen LogP contribution is -2.28. The predicted octanol–water partition coefficient (Wildman–Crippen LogP) is 6.89. The molecule has 4 nitrogen and oxygen atoms in total. The summed E-state index contributed by atoms with van der Waals surface area (Å²) in [5, 5.41) is 1.77.